The van der Waals surface area contributed by atoms with Gasteiger partial charge in [0, 0.05) is 37.8 Å². The molecule has 0 aromatic heterocycles. The molecule has 0 aliphatic carbocycles. The Hall–Kier alpha value is -2.44. The average molecular weight is 363 g/mol. The van der Waals surface area contributed by atoms with Crippen LogP contribution in [0.3, 0.4) is 0 Å². The molecule has 0 bridgehead atoms. The van der Waals surface area contributed by atoms with Crippen LogP contribution in [0.5, 0.6) is 11.5 Å². The lowest BCUT2D eigenvalue weighted by molar-refractivity contribution is 0.0761. The standard InChI is InChI=1S/C19H29N3O4/c1-13(2)20-19(24)22-8-6-7-21(9-10-22)18(23)15-12-17(26-5)16(25-4)11-14(15)3/h11-13H,6-10H2,1-5H3,(H,20,24). The van der Waals surface area contributed by atoms with Crippen molar-refractivity contribution in [1.29, 1.82) is 0 Å². The van der Waals surface area contributed by atoms with E-state index in [9.17, 15) is 9.59 Å². The Kier molecular flexibility index (Phi) is 6.71. The first-order valence-corrected chi connectivity index (χ1v) is 8.94. The molecule has 2 rings (SSSR count). The lowest BCUT2D eigenvalue weighted by Crippen LogP contribution is -2.44. The summed E-state index contributed by atoms with van der Waals surface area (Å²) in [5, 5.41) is 2.91. The van der Waals surface area contributed by atoms with Crippen LogP contribution in [-0.2, 0) is 0 Å². The van der Waals surface area contributed by atoms with E-state index in [0.717, 1.165) is 12.0 Å². The summed E-state index contributed by atoms with van der Waals surface area (Å²) in [7, 11) is 3.13. The minimum atomic E-state index is -0.0726. The number of methoxy groups -OCH3 is 2. The molecule has 7 nitrogen and oxygen atoms in total. The SMILES string of the molecule is COc1cc(C)c(C(=O)N2CCCN(C(=O)NC(C)C)CC2)cc1OC. The fourth-order valence-corrected chi connectivity index (χ4v) is 3.04. The number of aryl methyl sites for hydroxylation is 1. The summed E-state index contributed by atoms with van der Waals surface area (Å²) in [6.45, 7) is 8.06. The molecule has 3 amide bonds. The highest BCUT2D eigenvalue weighted by Crippen LogP contribution is 2.31. The summed E-state index contributed by atoms with van der Waals surface area (Å²) in [4.78, 5) is 28.8. The molecule has 7 heteroatoms. The highest BCUT2D eigenvalue weighted by atomic mass is 16.5. The number of amides is 3. The Morgan fingerprint density at radius 2 is 1.58 bits per heavy atom. The van der Waals surface area contributed by atoms with Gasteiger partial charge in [-0.05, 0) is 44.9 Å². The van der Waals surface area contributed by atoms with E-state index in [1.54, 1.807) is 30.1 Å². The Morgan fingerprint density at radius 3 is 2.19 bits per heavy atom. The second-order valence-electron chi connectivity index (χ2n) is 6.76. The number of benzene rings is 1. The summed E-state index contributed by atoms with van der Waals surface area (Å²) in [6, 6.07) is 3.56. The van der Waals surface area contributed by atoms with Crippen LogP contribution in [0.2, 0.25) is 0 Å². The third-order valence-corrected chi connectivity index (χ3v) is 4.44. The number of hydrogen-bond acceptors (Lipinski definition) is 4. The van der Waals surface area contributed by atoms with Crippen molar-refractivity contribution in [2.75, 3.05) is 40.4 Å². The van der Waals surface area contributed by atoms with Crippen LogP contribution in [-0.4, -0.2) is 68.2 Å². The summed E-state index contributed by atoms with van der Waals surface area (Å²) in [5.41, 5.74) is 1.44. The van der Waals surface area contributed by atoms with E-state index in [1.807, 2.05) is 26.8 Å². The molecule has 0 saturated carbocycles. The van der Waals surface area contributed by atoms with Crippen molar-refractivity contribution in [2.45, 2.75) is 33.2 Å². The zero-order valence-electron chi connectivity index (χ0n) is 16.3. The second kappa shape index (κ2) is 8.78. The molecule has 1 aliphatic heterocycles. The van der Waals surface area contributed by atoms with Crippen LogP contribution in [0.15, 0.2) is 12.1 Å². The normalized spacial score (nSPS) is 14.8. The first-order chi connectivity index (χ1) is 12.4. The molecule has 1 aromatic rings. The number of urea groups is 1. The summed E-state index contributed by atoms with van der Waals surface area (Å²) < 4.78 is 10.6. The predicted molar refractivity (Wildman–Crippen MR) is 100 cm³/mol. The largest absolute Gasteiger partial charge is 0.493 e. The van der Waals surface area contributed by atoms with Gasteiger partial charge in [0.2, 0.25) is 0 Å². The molecule has 0 radical (unpaired) electrons. The topological polar surface area (TPSA) is 71.1 Å². The van der Waals surface area contributed by atoms with Crippen LogP contribution in [0.1, 0.15) is 36.2 Å². The maximum Gasteiger partial charge on any atom is 0.317 e. The van der Waals surface area contributed by atoms with Gasteiger partial charge in [0.25, 0.3) is 5.91 Å². The molecule has 0 spiro atoms. The number of carbonyl (C=O) groups excluding carboxylic acids is 2. The van der Waals surface area contributed by atoms with Gasteiger partial charge in [-0.25, -0.2) is 4.79 Å². The summed E-state index contributed by atoms with van der Waals surface area (Å²) in [5.74, 6) is 1.10. The van der Waals surface area contributed by atoms with Crippen molar-refractivity contribution in [3.8, 4) is 11.5 Å². The maximum absolute atomic E-state index is 13.0. The van der Waals surface area contributed by atoms with Gasteiger partial charge in [0.1, 0.15) is 0 Å². The molecule has 1 aromatic carbocycles. The summed E-state index contributed by atoms with van der Waals surface area (Å²) >= 11 is 0. The smallest absolute Gasteiger partial charge is 0.317 e. The van der Waals surface area contributed by atoms with Crippen LogP contribution in [0.4, 0.5) is 4.79 Å². The number of carbonyl (C=O) groups is 2. The van der Waals surface area contributed by atoms with E-state index in [0.29, 0.717) is 43.2 Å². The Morgan fingerprint density at radius 1 is 1.00 bits per heavy atom. The maximum atomic E-state index is 13.0. The molecule has 0 atom stereocenters. The van der Waals surface area contributed by atoms with Crippen molar-refractivity contribution in [1.82, 2.24) is 15.1 Å². The molecule has 1 N–H and O–H groups in total. The zero-order valence-corrected chi connectivity index (χ0v) is 16.3. The van der Waals surface area contributed by atoms with Crippen molar-refractivity contribution >= 4 is 11.9 Å². The van der Waals surface area contributed by atoms with E-state index in [-0.39, 0.29) is 18.0 Å². The average Bonchev–Trinajstić information content (AvgIpc) is 2.86. The Balaban J connectivity index is 2.12. The highest BCUT2D eigenvalue weighted by molar-refractivity contribution is 5.96. The first kappa shape index (κ1) is 19.9. The lowest BCUT2D eigenvalue weighted by atomic mass is 10.1. The van der Waals surface area contributed by atoms with E-state index in [1.165, 1.54) is 0 Å². The molecule has 26 heavy (non-hydrogen) atoms. The number of nitrogens with one attached hydrogen (secondary N) is 1. The number of ether oxygens (including phenoxy) is 2. The van der Waals surface area contributed by atoms with Gasteiger partial charge in [-0.1, -0.05) is 0 Å². The van der Waals surface area contributed by atoms with Crippen LogP contribution in [0, 0.1) is 6.92 Å². The molecule has 1 saturated heterocycles. The molecule has 144 valence electrons. The first-order valence-electron chi connectivity index (χ1n) is 8.94. The van der Waals surface area contributed by atoms with Crippen molar-refractivity contribution in [3.05, 3.63) is 23.3 Å². The quantitative estimate of drug-likeness (QED) is 0.891. The minimum absolute atomic E-state index is 0.0467. The van der Waals surface area contributed by atoms with Gasteiger partial charge in [0.15, 0.2) is 11.5 Å². The van der Waals surface area contributed by atoms with Crippen molar-refractivity contribution in [2.24, 2.45) is 0 Å². The third kappa shape index (κ3) is 4.59. The van der Waals surface area contributed by atoms with Gasteiger partial charge < -0.3 is 24.6 Å². The number of nitrogens with zero attached hydrogens (tertiary/aromatic N) is 2. The van der Waals surface area contributed by atoms with Gasteiger partial charge in [-0.3, -0.25) is 4.79 Å². The van der Waals surface area contributed by atoms with Gasteiger partial charge in [-0.2, -0.15) is 0 Å². The van der Waals surface area contributed by atoms with Crippen molar-refractivity contribution in [3.63, 3.8) is 0 Å². The van der Waals surface area contributed by atoms with Crippen molar-refractivity contribution < 1.29 is 19.1 Å². The predicted octanol–water partition coefficient (Wildman–Crippen LogP) is 2.28. The molecular formula is C19H29N3O4. The Labute approximate surface area is 155 Å². The number of rotatable bonds is 4. The monoisotopic (exact) mass is 363 g/mol. The van der Waals surface area contributed by atoms with E-state index in [2.05, 4.69) is 5.32 Å². The molecule has 1 fully saturated rings. The third-order valence-electron chi connectivity index (χ3n) is 4.44. The summed E-state index contributed by atoms with van der Waals surface area (Å²) in [6.07, 6.45) is 0.754. The van der Waals surface area contributed by atoms with E-state index >= 15 is 0 Å². The van der Waals surface area contributed by atoms with Crippen LogP contribution >= 0.6 is 0 Å². The highest BCUT2D eigenvalue weighted by Gasteiger charge is 2.25. The molecular weight excluding hydrogens is 334 g/mol. The molecule has 1 aliphatic rings. The minimum Gasteiger partial charge on any atom is -0.493 e. The van der Waals surface area contributed by atoms with Gasteiger partial charge >= 0.3 is 6.03 Å². The lowest BCUT2D eigenvalue weighted by Gasteiger charge is -2.24. The number of hydrogen-bond donors (Lipinski definition) is 1. The molecule has 1 heterocycles. The fourth-order valence-electron chi connectivity index (χ4n) is 3.04. The van der Waals surface area contributed by atoms with E-state index < -0.39 is 0 Å². The Bertz CT molecular complexity index is 660. The van der Waals surface area contributed by atoms with E-state index in [4.69, 9.17) is 9.47 Å². The van der Waals surface area contributed by atoms with Crippen LogP contribution in [0.25, 0.3) is 0 Å². The van der Waals surface area contributed by atoms with Crippen LogP contribution < -0.4 is 14.8 Å². The fraction of sp³-hybridized carbons (Fsp3) is 0.579. The zero-order chi connectivity index (χ0) is 19.3. The second-order valence-corrected chi connectivity index (χ2v) is 6.76. The van der Waals surface area contributed by atoms with Gasteiger partial charge in [0.05, 0.1) is 14.2 Å². The van der Waals surface area contributed by atoms with Gasteiger partial charge in [-0.15, -0.1) is 0 Å². The molecule has 0 unspecified atom stereocenters.